The van der Waals surface area contributed by atoms with E-state index in [4.69, 9.17) is 28.5 Å². The average molecular weight is 1490 g/mol. The number of primary amides is 1. The Hall–Kier alpha value is -11.6. The van der Waals surface area contributed by atoms with Crippen LogP contribution in [-0.2, 0) is 92.8 Å². The molecule has 18 N–H and O–H groups in total. The molecule has 3 aliphatic heterocycles. The van der Waals surface area contributed by atoms with E-state index in [1.807, 2.05) is 36.4 Å². The molecule has 2 bridgehead atoms. The molecular formula is C74H93ClN18O14. The molecule has 5 aromatic rings. The molecule has 1 unspecified atom stereocenters. The Labute approximate surface area is 622 Å². The van der Waals surface area contributed by atoms with Gasteiger partial charge in [-0.05, 0) is 102 Å². The van der Waals surface area contributed by atoms with Crippen molar-refractivity contribution in [3.8, 4) is 0 Å². The molecule has 33 heteroatoms. The molecule has 11 atom stereocenters. The minimum atomic E-state index is -2.08. The third-order valence-electron chi connectivity index (χ3n) is 18.3. The first kappa shape index (κ1) is 81.1. The number of fused-ring (bicyclic) bond motifs is 11. The van der Waals surface area contributed by atoms with Gasteiger partial charge >= 0.3 is 0 Å². The zero-order chi connectivity index (χ0) is 77.3. The fourth-order valence-corrected chi connectivity index (χ4v) is 12.9. The number of pyridine rings is 1. The fourth-order valence-electron chi connectivity index (χ4n) is 12.8. The van der Waals surface area contributed by atoms with Crippen molar-refractivity contribution in [2.24, 2.45) is 17.4 Å². The van der Waals surface area contributed by atoms with Crippen molar-refractivity contribution in [2.75, 3.05) is 26.2 Å². The normalized spacial score (nSPS) is 21.9. The highest BCUT2D eigenvalue weighted by molar-refractivity contribution is 6.30. The molecule has 32 nitrogen and oxygen atoms in total. The van der Waals surface area contributed by atoms with Gasteiger partial charge in [0.25, 0.3) is 0 Å². The summed E-state index contributed by atoms with van der Waals surface area (Å²) in [7, 11) is 0. The van der Waals surface area contributed by atoms with Gasteiger partial charge in [-0.1, -0.05) is 116 Å². The summed E-state index contributed by atoms with van der Waals surface area (Å²) in [6.45, 7) is 3.66. The number of aromatic nitrogens is 1. The molecule has 8 rings (SSSR count). The Morgan fingerprint density at radius 1 is 0.607 bits per heavy atom. The van der Waals surface area contributed by atoms with E-state index in [1.54, 1.807) is 86.6 Å². The second-order valence-corrected chi connectivity index (χ2v) is 27.6. The smallest absolute Gasteiger partial charge is 0.245 e. The lowest BCUT2D eigenvalue weighted by molar-refractivity contribution is -0.142. The number of nitrogens with one attached hydrogen (secondary N) is 14. The Balaban J connectivity index is 1.20. The minimum absolute atomic E-state index is 0.00322. The van der Waals surface area contributed by atoms with Crippen molar-refractivity contribution in [3.63, 3.8) is 0 Å². The zero-order valence-electron chi connectivity index (χ0n) is 59.6. The van der Waals surface area contributed by atoms with Gasteiger partial charge in [-0.25, -0.2) is 0 Å². The van der Waals surface area contributed by atoms with E-state index in [2.05, 4.69) is 74.1 Å². The van der Waals surface area contributed by atoms with Crippen LogP contribution in [0.15, 0.2) is 122 Å². The summed E-state index contributed by atoms with van der Waals surface area (Å²) in [6, 6.07) is 13.9. The number of hydrogen-bond acceptors (Lipinski definition) is 16. The van der Waals surface area contributed by atoms with Gasteiger partial charge in [0.05, 0.1) is 6.42 Å². The highest BCUT2D eigenvalue weighted by Crippen LogP contribution is 2.22. The first-order chi connectivity index (χ1) is 51.2. The van der Waals surface area contributed by atoms with Gasteiger partial charge in [0, 0.05) is 82.6 Å². The Kier molecular flexibility index (Phi) is 30.0. The summed E-state index contributed by atoms with van der Waals surface area (Å²) >= 11 is 6.28. The molecule has 0 spiro atoms. The number of nitrogens with zero attached hydrogens (tertiary/aromatic N) is 2. The van der Waals surface area contributed by atoms with Crippen molar-refractivity contribution in [1.82, 2.24) is 79.0 Å². The summed E-state index contributed by atoms with van der Waals surface area (Å²) in [5, 5.41) is 44.3. The maximum absolute atomic E-state index is 15.4. The summed E-state index contributed by atoms with van der Waals surface area (Å²) in [6.07, 6.45) is -0.367. The predicted octanol–water partition coefficient (Wildman–Crippen LogP) is -1.37. The van der Waals surface area contributed by atoms with E-state index in [0.717, 1.165) is 10.8 Å². The summed E-state index contributed by atoms with van der Waals surface area (Å²) in [4.78, 5) is 209. The molecule has 3 saturated heterocycles. The maximum atomic E-state index is 15.4. The monoisotopic (exact) mass is 1490 g/mol. The zero-order valence-corrected chi connectivity index (χ0v) is 60.4. The van der Waals surface area contributed by atoms with Crippen molar-refractivity contribution in [3.05, 3.63) is 149 Å². The molecule has 0 aliphatic carbocycles. The lowest BCUT2D eigenvalue weighted by Gasteiger charge is -2.31. The number of hydrogen-bond donors (Lipinski definition) is 16. The van der Waals surface area contributed by atoms with Gasteiger partial charge in [0.2, 0.25) is 82.7 Å². The standard InChI is InChI=1S/C74H93ClN18O14/c1-41(2)32-53-67(101)87-52-27-30-80-64(98)54(34-43-12-5-4-6-13-43)84-61(95)26-25-51(66(100)85-50(65(99)88-53)17-10-29-81-74(77)78)86-71(105)58(38-62(96)82-40-59(63(76)97)92-72(106)60-18-11-31-93(60)73(52)107)91-70(104)57(37-46-14-9-28-79-39-46)90-69(103)56(35-44-20-23-49(75)24-21-44)89-68(102)55(83-42(3)94)36-45-19-22-47-15-7-8-16-48(47)33-45/h4-9,12-16,19-24,28,33,39,41,50-60H,10-11,17-18,25-27,29-32,34-38,40H2,1-3H3,(H2,76,97)(H,80,98)(H,82,96)(H,83,94)(H,84,95)(H,85,100)(H,86,105)(H,87,101)(H,88,99)(H,89,102)(H,90,103)(H,91,104)(H,92,106)(H4,77,78,81)/t50-,51+,52+,53+,54-,55-,56-,57-,58+,59?,60+/m1/s1. The largest absolute Gasteiger partial charge is 0.370 e. The number of carbonyl (C=O) groups is 14. The van der Waals surface area contributed by atoms with Gasteiger partial charge < -0.3 is 85.5 Å². The molecule has 4 heterocycles. The van der Waals surface area contributed by atoms with Crippen molar-refractivity contribution in [1.29, 1.82) is 5.41 Å². The maximum Gasteiger partial charge on any atom is 0.245 e. The Bertz CT molecular complexity index is 4060. The van der Waals surface area contributed by atoms with Gasteiger partial charge in [-0.2, -0.15) is 0 Å². The third kappa shape index (κ3) is 25.1. The van der Waals surface area contributed by atoms with Gasteiger partial charge in [-0.3, -0.25) is 77.5 Å². The van der Waals surface area contributed by atoms with Gasteiger partial charge in [0.1, 0.15) is 66.5 Å². The second kappa shape index (κ2) is 39.5. The number of guanidine groups is 1. The summed E-state index contributed by atoms with van der Waals surface area (Å²) < 4.78 is 0. The number of benzene rings is 4. The number of amides is 14. The lowest BCUT2D eigenvalue weighted by Crippen LogP contribution is -2.61. The van der Waals surface area contributed by atoms with E-state index in [0.29, 0.717) is 27.3 Å². The minimum Gasteiger partial charge on any atom is -0.370 e. The van der Waals surface area contributed by atoms with Crippen LogP contribution in [-0.4, -0.2) is 191 Å². The number of nitrogens with two attached hydrogens (primary N) is 2. The van der Waals surface area contributed by atoms with Crippen LogP contribution in [0, 0.1) is 11.3 Å². The molecule has 4 aromatic carbocycles. The molecule has 1 aromatic heterocycles. The lowest BCUT2D eigenvalue weighted by atomic mass is 9.99. The molecule has 14 amide bonds. The van der Waals surface area contributed by atoms with Crippen LogP contribution < -0.4 is 80.6 Å². The molecule has 570 valence electrons. The first-order valence-corrected chi connectivity index (χ1v) is 35.9. The van der Waals surface area contributed by atoms with E-state index < -0.39 is 181 Å². The molecule has 3 aliphatic rings. The van der Waals surface area contributed by atoms with Crippen LogP contribution in [0.1, 0.15) is 101 Å². The first-order valence-electron chi connectivity index (χ1n) is 35.5. The highest BCUT2D eigenvalue weighted by Gasteiger charge is 2.42. The van der Waals surface area contributed by atoms with Crippen LogP contribution in [0.2, 0.25) is 5.02 Å². The Morgan fingerprint density at radius 3 is 1.93 bits per heavy atom. The molecule has 107 heavy (non-hydrogen) atoms. The van der Waals surface area contributed by atoms with E-state index >= 15 is 19.2 Å². The number of carbonyl (C=O) groups excluding carboxylic acids is 14. The molecule has 3 fully saturated rings. The molecular weight excluding hydrogens is 1400 g/mol. The third-order valence-corrected chi connectivity index (χ3v) is 18.5. The SMILES string of the molecule is CC(=O)N[C@H](Cc1ccc2ccccc2c1)C(=O)N[C@H](Cc1ccc(Cl)cc1)C(=O)N[C@H](Cc1cccnc1)C(=O)N[C@H]1CC(=O)NCC(C(N)=O)NC(=O)[C@@H]2CCCN2C(=O)[C@@H]2CCNC(=O)[C@@H](Cc3ccccc3)NC(=O)CC[C@H](NC1=O)C(=O)N[C@H](CCCNC(=N)N)C(=O)N[C@@H](CC(C)C)C(=O)N2. The van der Waals surface area contributed by atoms with Crippen LogP contribution in [0.5, 0.6) is 0 Å². The summed E-state index contributed by atoms with van der Waals surface area (Å²) in [5.41, 5.74) is 13.5. The number of halogens is 1. The van der Waals surface area contributed by atoms with Crippen molar-refractivity contribution in [2.45, 2.75) is 171 Å². The highest BCUT2D eigenvalue weighted by atomic mass is 35.5. The van der Waals surface area contributed by atoms with E-state index in [9.17, 15) is 47.9 Å². The molecule has 0 radical (unpaired) electrons. The summed E-state index contributed by atoms with van der Waals surface area (Å²) in [5.74, 6) is -13.9. The topological polar surface area (TPSA) is 487 Å². The van der Waals surface area contributed by atoms with Crippen LogP contribution in [0.4, 0.5) is 0 Å². The number of rotatable bonds is 22. The Morgan fingerprint density at radius 2 is 1.24 bits per heavy atom. The average Bonchev–Trinajstić information content (AvgIpc) is 1.76. The van der Waals surface area contributed by atoms with E-state index in [1.165, 1.54) is 24.2 Å². The van der Waals surface area contributed by atoms with Gasteiger partial charge in [0.15, 0.2) is 5.96 Å². The van der Waals surface area contributed by atoms with Crippen LogP contribution in [0.25, 0.3) is 10.8 Å². The van der Waals surface area contributed by atoms with E-state index in [-0.39, 0.29) is 89.8 Å². The quantitative estimate of drug-likeness (QED) is 0.0165. The van der Waals surface area contributed by atoms with Crippen LogP contribution >= 0.6 is 11.6 Å². The van der Waals surface area contributed by atoms with Crippen LogP contribution in [0.3, 0.4) is 0 Å². The van der Waals surface area contributed by atoms with Crippen molar-refractivity contribution >= 4 is 111 Å². The van der Waals surface area contributed by atoms with Crippen molar-refractivity contribution < 1.29 is 67.1 Å². The second-order valence-electron chi connectivity index (χ2n) is 27.2. The van der Waals surface area contributed by atoms with Gasteiger partial charge in [-0.15, -0.1) is 0 Å². The fraction of sp³-hybridized carbons (Fsp3) is 0.432. The molecule has 0 saturated carbocycles. The predicted molar refractivity (Wildman–Crippen MR) is 393 cm³/mol.